The van der Waals surface area contributed by atoms with Crippen molar-refractivity contribution in [3.63, 3.8) is 0 Å². The molecule has 0 radical (unpaired) electrons. The van der Waals surface area contributed by atoms with Crippen LogP contribution in [0.15, 0.2) is 42.5 Å². The maximum atomic E-state index is 10.1. The van der Waals surface area contributed by atoms with Crippen LogP contribution in [-0.2, 0) is 6.54 Å². The lowest BCUT2D eigenvalue weighted by atomic mass is 10.1. The van der Waals surface area contributed by atoms with Crippen molar-refractivity contribution in [2.45, 2.75) is 6.54 Å². The Morgan fingerprint density at radius 2 is 1.70 bits per heavy atom. The van der Waals surface area contributed by atoms with Gasteiger partial charge < -0.3 is 19.5 Å². The predicted octanol–water partition coefficient (Wildman–Crippen LogP) is 3.05. The van der Waals surface area contributed by atoms with Gasteiger partial charge in [0.25, 0.3) is 0 Å². The topological polar surface area (TPSA) is 41.9 Å². The fraction of sp³-hybridized carbons (Fsp3) is 0.250. The summed E-state index contributed by atoms with van der Waals surface area (Å²) in [7, 11) is 5.17. The van der Waals surface area contributed by atoms with Gasteiger partial charge in [0.15, 0.2) is 11.5 Å². The molecule has 1 N–H and O–H groups in total. The summed E-state index contributed by atoms with van der Waals surface area (Å²) in [6, 6.07) is 13.3. The highest BCUT2D eigenvalue weighted by Gasteiger charge is 2.10. The highest BCUT2D eigenvalue weighted by Crippen LogP contribution is 2.31. The third-order valence-corrected chi connectivity index (χ3v) is 3.22. The number of para-hydroxylation sites is 1. The standard InChI is InChI=1S/C16H19NO3/c1-17(13-7-9-14(19-2)10-8-13)11-12-5-4-6-15(20-3)16(12)18/h4-10,18H,11H2,1-3H3. The molecule has 2 aromatic rings. The van der Waals surface area contributed by atoms with Gasteiger partial charge in [-0.15, -0.1) is 0 Å². The van der Waals surface area contributed by atoms with Gasteiger partial charge in [0.1, 0.15) is 5.75 Å². The molecule has 0 fully saturated rings. The molecule has 0 aliphatic carbocycles. The van der Waals surface area contributed by atoms with Crippen LogP contribution < -0.4 is 14.4 Å². The van der Waals surface area contributed by atoms with Gasteiger partial charge in [-0.25, -0.2) is 0 Å². The molecule has 0 spiro atoms. The molecule has 0 atom stereocenters. The van der Waals surface area contributed by atoms with Crippen molar-refractivity contribution in [2.24, 2.45) is 0 Å². The minimum absolute atomic E-state index is 0.190. The number of ether oxygens (including phenoxy) is 2. The molecule has 4 nitrogen and oxygen atoms in total. The fourth-order valence-corrected chi connectivity index (χ4v) is 2.04. The first-order valence-corrected chi connectivity index (χ1v) is 6.35. The highest BCUT2D eigenvalue weighted by molar-refractivity contribution is 5.51. The van der Waals surface area contributed by atoms with E-state index in [1.165, 1.54) is 0 Å². The second-order valence-electron chi connectivity index (χ2n) is 4.52. The predicted molar refractivity (Wildman–Crippen MR) is 79.8 cm³/mol. The Morgan fingerprint density at radius 1 is 1.00 bits per heavy atom. The van der Waals surface area contributed by atoms with Crippen molar-refractivity contribution in [3.05, 3.63) is 48.0 Å². The number of nitrogens with zero attached hydrogens (tertiary/aromatic N) is 1. The lowest BCUT2D eigenvalue weighted by Crippen LogP contribution is -2.16. The van der Waals surface area contributed by atoms with Crippen LogP contribution in [0.4, 0.5) is 5.69 Å². The van der Waals surface area contributed by atoms with Crippen molar-refractivity contribution >= 4 is 5.69 Å². The van der Waals surface area contributed by atoms with E-state index in [0.29, 0.717) is 12.3 Å². The number of aromatic hydroxyl groups is 1. The Balaban J connectivity index is 2.16. The third-order valence-electron chi connectivity index (χ3n) is 3.22. The molecule has 0 saturated carbocycles. The lowest BCUT2D eigenvalue weighted by molar-refractivity contribution is 0.370. The summed E-state index contributed by atoms with van der Waals surface area (Å²) >= 11 is 0. The van der Waals surface area contributed by atoms with Gasteiger partial charge in [-0.3, -0.25) is 0 Å². The first-order valence-electron chi connectivity index (χ1n) is 6.35. The molecule has 0 heterocycles. The van der Waals surface area contributed by atoms with E-state index in [4.69, 9.17) is 9.47 Å². The Morgan fingerprint density at radius 3 is 2.30 bits per heavy atom. The van der Waals surface area contributed by atoms with E-state index < -0.39 is 0 Å². The molecule has 0 aliphatic heterocycles. The Labute approximate surface area is 119 Å². The number of methoxy groups -OCH3 is 2. The average molecular weight is 273 g/mol. The van der Waals surface area contributed by atoms with Crippen molar-refractivity contribution in [3.8, 4) is 17.2 Å². The van der Waals surface area contributed by atoms with Crippen LogP contribution in [0.25, 0.3) is 0 Å². The highest BCUT2D eigenvalue weighted by atomic mass is 16.5. The second kappa shape index (κ2) is 6.19. The van der Waals surface area contributed by atoms with E-state index in [1.54, 1.807) is 20.3 Å². The average Bonchev–Trinajstić information content (AvgIpc) is 2.49. The molecular formula is C16H19NO3. The zero-order valence-corrected chi connectivity index (χ0v) is 12.0. The zero-order valence-electron chi connectivity index (χ0n) is 12.0. The molecule has 0 aliphatic rings. The van der Waals surface area contributed by atoms with Crippen molar-refractivity contribution in [1.82, 2.24) is 0 Å². The number of anilines is 1. The normalized spacial score (nSPS) is 10.2. The van der Waals surface area contributed by atoms with Crippen LogP contribution in [0.1, 0.15) is 5.56 Å². The summed E-state index contributed by atoms with van der Waals surface area (Å²) in [5.74, 6) is 1.51. The summed E-state index contributed by atoms with van der Waals surface area (Å²) in [5, 5.41) is 10.1. The number of phenols is 1. The summed E-state index contributed by atoms with van der Waals surface area (Å²) in [4.78, 5) is 2.05. The molecular weight excluding hydrogens is 254 g/mol. The van der Waals surface area contributed by atoms with Gasteiger partial charge in [0.2, 0.25) is 0 Å². The van der Waals surface area contributed by atoms with E-state index in [2.05, 4.69) is 0 Å². The Hall–Kier alpha value is -2.36. The van der Waals surface area contributed by atoms with Crippen LogP contribution >= 0.6 is 0 Å². The van der Waals surface area contributed by atoms with Crippen LogP contribution in [0, 0.1) is 0 Å². The summed E-state index contributed by atoms with van der Waals surface area (Å²) in [6.45, 7) is 0.593. The molecule has 2 rings (SSSR count). The van der Waals surface area contributed by atoms with Crippen LogP contribution in [-0.4, -0.2) is 26.4 Å². The van der Waals surface area contributed by atoms with Crippen LogP contribution in [0.5, 0.6) is 17.2 Å². The number of hydrogen-bond acceptors (Lipinski definition) is 4. The molecule has 0 unspecified atom stereocenters. The van der Waals surface area contributed by atoms with E-state index in [-0.39, 0.29) is 5.75 Å². The van der Waals surface area contributed by atoms with Crippen molar-refractivity contribution < 1.29 is 14.6 Å². The third kappa shape index (κ3) is 2.96. The second-order valence-corrected chi connectivity index (χ2v) is 4.52. The quantitative estimate of drug-likeness (QED) is 0.909. The molecule has 106 valence electrons. The minimum atomic E-state index is 0.190. The van der Waals surface area contributed by atoms with Gasteiger partial charge in [-0.05, 0) is 30.3 Å². The molecule has 0 bridgehead atoms. The number of benzene rings is 2. The molecule has 0 saturated heterocycles. The lowest BCUT2D eigenvalue weighted by Gasteiger charge is -2.20. The first kappa shape index (κ1) is 14.1. The minimum Gasteiger partial charge on any atom is -0.504 e. The van der Waals surface area contributed by atoms with Crippen LogP contribution in [0.3, 0.4) is 0 Å². The summed E-state index contributed by atoms with van der Waals surface area (Å²) in [6.07, 6.45) is 0. The van der Waals surface area contributed by atoms with Crippen LogP contribution in [0.2, 0.25) is 0 Å². The molecule has 0 amide bonds. The van der Waals surface area contributed by atoms with E-state index >= 15 is 0 Å². The van der Waals surface area contributed by atoms with Gasteiger partial charge in [-0.1, -0.05) is 12.1 Å². The monoisotopic (exact) mass is 273 g/mol. The largest absolute Gasteiger partial charge is 0.504 e. The fourth-order valence-electron chi connectivity index (χ4n) is 2.04. The van der Waals surface area contributed by atoms with E-state index in [9.17, 15) is 5.11 Å². The SMILES string of the molecule is COc1ccc(N(C)Cc2cccc(OC)c2O)cc1. The van der Waals surface area contributed by atoms with E-state index in [0.717, 1.165) is 17.0 Å². The number of hydrogen-bond donors (Lipinski definition) is 1. The van der Waals surface area contributed by atoms with Crippen molar-refractivity contribution in [1.29, 1.82) is 0 Å². The Bertz CT molecular complexity index is 566. The van der Waals surface area contributed by atoms with Gasteiger partial charge in [-0.2, -0.15) is 0 Å². The van der Waals surface area contributed by atoms with Crippen molar-refractivity contribution in [2.75, 3.05) is 26.2 Å². The maximum Gasteiger partial charge on any atom is 0.162 e. The maximum absolute atomic E-state index is 10.1. The smallest absolute Gasteiger partial charge is 0.162 e. The number of phenolic OH excluding ortho intramolecular Hbond substituents is 1. The summed E-state index contributed by atoms with van der Waals surface area (Å²) < 4.78 is 10.3. The van der Waals surface area contributed by atoms with Gasteiger partial charge >= 0.3 is 0 Å². The molecule has 20 heavy (non-hydrogen) atoms. The molecule has 4 heteroatoms. The zero-order chi connectivity index (χ0) is 14.5. The van der Waals surface area contributed by atoms with Gasteiger partial charge in [0, 0.05) is 24.8 Å². The Kier molecular flexibility index (Phi) is 4.35. The number of rotatable bonds is 5. The van der Waals surface area contributed by atoms with E-state index in [1.807, 2.05) is 48.3 Å². The summed E-state index contributed by atoms with van der Waals surface area (Å²) in [5.41, 5.74) is 1.87. The molecule has 2 aromatic carbocycles. The first-order chi connectivity index (χ1) is 9.65. The molecule has 0 aromatic heterocycles. The van der Waals surface area contributed by atoms with Gasteiger partial charge in [0.05, 0.1) is 14.2 Å².